The van der Waals surface area contributed by atoms with E-state index in [9.17, 15) is 4.79 Å². The molecule has 4 heteroatoms. The van der Waals surface area contributed by atoms with Gasteiger partial charge in [-0.25, -0.2) is 0 Å². The first-order valence-electron chi connectivity index (χ1n) is 6.53. The number of nitriles is 1. The van der Waals surface area contributed by atoms with E-state index >= 15 is 0 Å². The Morgan fingerprint density at radius 2 is 2.00 bits per heavy atom. The van der Waals surface area contributed by atoms with E-state index in [-0.39, 0.29) is 12.3 Å². The number of carbonyl (C=O) groups excluding carboxylic acids is 1. The number of hydrogen-bond acceptors (Lipinski definition) is 4. The lowest BCUT2D eigenvalue weighted by atomic mass is 10.1. The van der Waals surface area contributed by atoms with Crippen LogP contribution < -0.4 is 9.64 Å². The Kier molecular flexibility index (Phi) is 4.57. The third-order valence-electron chi connectivity index (χ3n) is 3.20. The second-order valence-corrected chi connectivity index (χ2v) is 4.64. The van der Waals surface area contributed by atoms with Gasteiger partial charge in [-0.2, -0.15) is 5.26 Å². The average molecular weight is 280 g/mol. The van der Waals surface area contributed by atoms with Gasteiger partial charge < -0.3 is 9.64 Å². The summed E-state index contributed by atoms with van der Waals surface area (Å²) in [7, 11) is 3.37. The van der Waals surface area contributed by atoms with E-state index in [4.69, 9.17) is 10.00 Å². The third-order valence-corrected chi connectivity index (χ3v) is 3.20. The van der Waals surface area contributed by atoms with Gasteiger partial charge >= 0.3 is 0 Å². The van der Waals surface area contributed by atoms with Crippen LogP contribution in [0.25, 0.3) is 0 Å². The Morgan fingerprint density at radius 1 is 1.24 bits per heavy atom. The molecule has 21 heavy (non-hydrogen) atoms. The van der Waals surface area contributed by atoms with Crippen LogP contribution in [0.15, 0.2) is 48.5 Å². The lowest BCUT2D eigenvalue weighted by molar-refractivity contribution is 0.0997. The van der Waals surface area contributed by atoms with Gasteiger partial charge in [0.05, 0.1) is 30.9 Å². The molecular formula is C17H16N2O2. The minimum atomic E-state index is -0.0303. The average Bonchev–Trinajstić information content (AvgIpc) is 2.54. The molecule has 4 nitrogen and oxygen atoms in total. The maximum absolute atomic E-state index is 12.4. The zero-order valence-electron chi connectivity index (χ0n) is 12.0. The fraction of sp³-hybridized carbons (Fsp3) is 0.176. The molecule has 0 aliphatic rings. The van der Waals surface area contributed by atoms with E-state index in [1.54, 1.807) is 37.4 Å². The zero-order chi connectivity index (χ0) is 15.2. The van der Waals surface area contributed by atoms with Crippen molar-refractivity contribution in [1.82, 2.24) is 0 Å². The summed E-state index contributed by atoms with van der Waals surface area (Å²) in [6, 6.07) is 16.4. The molecule has 0 amide bonds. The van der Waals surface area contributed by atoms with Crippen molar-refractivity contribution >= 4 is 11.5 Å². The van der Waals surface area contributed by atoms with Gasteiger partial charge in [0, 0.05) is 12.7 Å². The molecule has 0 radical (unpaired) electrons. The van der Waals surface area contributed by atoms with Crippen LogP contribution in [0, 0.1) is 11.3 Å². The number of para-hydroxylation sites is 1. The summed E-state index contributed by atoms with van der Waals surface area (Å²) in [5.41, 5.74) is 1.96. The largest absolute Gasteiger partial charge is 0.496 e. The number of ketones is 1. The number of hydrogen-bond donors (Lipinski definition) is 0. The van der Waals surface area contributed by atoms with Crippen molar-refractivity contribution in [2.75, 3.05) is 25.6 Å². The van der Waals surface area contributed by atoms with Crippen LogP contribution in [0.2, 0.25) is 0 Å². The quantitative estimate of drug-likeness (QED) is 0.790. The number of Topliss-reactive ketones (excluding diaryl/α,β-unsaturated/α-hetero) is 1. The highest BCUT2D eigenvalue weighted by Crippen LogP contribution is 2.20. The van der Waals surface area contributed by atoms with E-state index in [1.807, 2.05) is 30.1 Å². The maximum atomic E-state index is 12.4. The molecule has 0 saturated carbocycles. The number of anilines is 1. The zero-order valence-corrected chi connectivity index (χ0v) is 12.0. The van der Waals surface area contributed by atoms with Crippen molar-refractivity contribution in [1.29, 1.82) is 5.26 Å². The number of rotatable bonds is 5. The highest BCUT2D eigenvalue weighted by atomic mass is 16.5. The van der Waals surface area contributed by atoms with Gasteiger partial charge in [0.15, 0.2) is 5.78 Å². The van der Waals surface area contributed by atoms with E-state index < -0.39 is 0 Å². The number of carbonyl (C=O) groups is 1. The molecule has 0 unspecified atom stereocenters. The minimum Gasteiger partial charge on any atom is -0.496 e. The molecule has 0 heterocycles. The molecule has 0 saturated heterocycles. The number of benzene rings is 2. The molecule has 2 aromatic rings. The summed E-state index contributed by atoms with van der Waals surface area (Å²) in [5, 5.41) is 8.92. The summed E-state index contributed by atoms with van der Waals surface area (Å²) in [4.78, 5) is 14.2. The van der Waals surface area contributed by atoms with Crippen molar-refractivity contribution in [2.45, 2.75) is 0 Å². The topological polar surface area (TPSA) is 53.3 Å². The fourth-order valence-corrected chi connectivity index (χ4v) is 2.08. The van der Waals surface area contributed by atoms with Crippen molar-refractivity contribution in [3.05, 3.63) is 59.7 Å². The highest BCUT2D eigenvalue weighted by molar-refractivity contribution is 6.01. The van der Waals surface area contributed by atoms with Crippen molar-refractivity contribution in [3.8, 4) is 11.8 Å². The van der Waals surface area contributed by atoms with Crippen LogP contribution in [0.4, 0.5) is 5.69 Å². The van der Waals surface area contributed by atoms with Gasteiger partial charge in [0.25, 0.3) is 0 Å². The molecule has 0 atom stereocenters. The first-order chi connectivity index (χ1) is 10.2. The number of likely N-dealkylation sites (N-methyl/N-ethyl adjacent to an activating group) is 1. The Balaban J connectivity index is 2.17. The van der Waals surface area contributed by atoms with Crippen molar-refractivity contribution in [2.24, 2.45) is 0 Å². The van der Waals surface area contributed by atoms with Gasteiger partial charge in [-0.15, -0.1) is 0 Å². The Morgan fingerprint density at radius 3 is 2.71 bits per heavy atom. The molecule has 2 aromatic carbocycles. The molecule has 0 fully saturated rings. The van der Waals surface area contributed by atoms with E-state index in [0.29, 0.717) is 16.9 Å². The third kappa shape index (κ3) is 3.40. The summed E-state index contributed by atoms with van der Waals surface area (Å²) in [6.07, 6.45) is 0. The lowest BCUT2D eigenvalue weighted by Crippen LogP contribution is -2.25. The Labute approximate surface area is 124 Å². The van der Waals surface area contributed by atoms with Crippen LogP contribution in [0.1, 0.15) is 15.9 Å². The Bertz CT molecular complexity index is 689. The van der Waals surface area contributed by atoms with Crippen LogP contribution in [0.5, 0.6) is 5.75 Å². The SMILES string of the molecule is COc1ccccc1C(=O)CN(C)c1cccc(C#N)c1. The molecule has 0 bridgehead atoms. The van der Waals surface area contributed by atoms with Crippen molar-refractivity contribution < 1.29 is 9.53 Å². The van der Waals surface area contributed by atoms with Gasteiger partial charge in [-0.1, -0.05) is 18.2 Å². The second-order valence-electron chi connectivity index (χ2n) is 4.64. The predicted octanol–water partition coefficient (Wildman–Crippen LogP) is 2.89. The smallest absolute Gasteiger partial charge is 0.185 e. The van der Waals surface area contributed by atoms with Gasteiger partial charge in [-0.3, -0.25) is 4.79 Å². The number of nitrogens with zero attached hydrogens (tertiary/aromatic N) is 2. The van der Waals surface area contributed by atoms with Gasteiger partial charge in [-0.05, 0) is 30.3 Å². The molecule has 0 N–H and O–H groups in total. The van der Waals surface area contributed by atoms with Crippen LogP contribution in [0.3, 0.4) is 0 Å². The van der Waals surface area contributed by atoms with E-state index in [2.05, 4.69) is 6.07 Å². The molecular weight excluding hydrogens is 264 g/mol. The molecule has 106 valence electrons. The van der Waals surface area contributed by atoms with Crippen LogP contribution in [-0.4, -0.2) is 26.5 Å². The predicted molar refractivity (Wildman–Crippen MR) is 81.8 cm³/mol. The van der Waals surface area contributed by atoms with E-state index in [1.165, 1.54) is 0 Å². The normalized spacial score (nSPS) is 9.76. The summed E-state index contributed by atoms with van der Waals surface area (Å²) in [5.74, 6) is 0.541. The Hall–Kier alpha value is -2.80. The fourth-order valence-electron chi connectivity index (χ4n) is 2.08. The first kappa shape index (κ1) is 14.6. The summed E-state index contributed by atoms with van der Waals surface area (Å²) in [6.45, 7) is 0.218. The second kappa shape index (κ2) is 6.58. The van der Waals surface area contributed by atoms with Crippen molar-refractivity contribution in [3.63, 3.8) is 0 Å². The monoisotopic (exact) mass is 280 g/mol. The lowest BCUT2D eigenvalue weighted by Gasteiger charge is -2.19. The molecule has 0 aliphatic carbocycles. The summed E-state index contributed by atoms with van der Waals surface area (Å²) < 4.78 is 5.21. The van der Waals surface area contributed by atoms with Gasteiger partial charge in [0.2, 0.25) is 0 Å². The van der Waals surface area contributed by atoms with Crippen LogP contribution >= 0.6 is 0 Å². The first-order valence-corrected chi connectivity index (χ1v) is 6.53. The maximum Gasteiger partial charge on any atom is 0.185 e. The molecule has 0 aromatic heterocycles. The van der Waals surface area contributed by atoms with E-state index in [0.717, 1.165) is 5.69 Å². The van der Waals surface area contributed by atoms with Gasteiger partial charge in [0.1, 0.15) is 5.75 Å². The number of methoxy groups -OCH3 is 1. The molecule has 0 aliphatic heterocycles. The van der Waals surface area contributed by atoms with Crippen LogP contribution in [-0.2, 0) is 0 Å². The molecule has 2 rings (SSSR count). The number of ether oxygens (including phenoxy) is 1. The molecule has 0 spiro atoms. The highest BCUT2D eigenvalue weighted by Gasteiger charge is 2.14. The summed E-state index contributed by atoms with van der Waals surface area (Å²) >= 11 is 0. The standard InChI is InChI=1S/C17H16N2O2/c1-19(14-7-5-6-13(10-14)11-18)12-16(20)15-8-3-4-9-17(15)21-2/h3-10H,12H2,1-2H3. The minimum absolute atomic E-state index is 0.0303.